The third-order valence-electron chi connectivity index (χ3n) is 4.89. The zero-order valence-electron chi connectivity index (χ0n) is 20.7. The molecule has 2 rings (SSSR count). The monoisotopic (exact) mass is 462 g/mol. The summed E-state index contributed by atoms with van der Waals surface area (Å²) in [5, 5.41) is 20.7. The Bertz CT molecular complexity index is 1030. The molecule has 0 aliphatic carbocycles. The van der Waals surface area contributed by atoms with Crippen LogP contribution < -0.4 is 9.47 Å². The molecule has 5 heteroatoms. The first-order chi connectivity index (χ1) is 16.1. The van der Waals surface area contributed by atoms with Gasteiger partial charge >= 0.3 is 0 Å². The van der Waals surface area contributed by atoms with E-state index in [1.54, 1.807) is 36.4 Å². The van der Waals surface area contributed by atoms with Crippen molar-refractivity contribution in [3.63, 3.8) is 0 Å². The predicted octanol–water partition coefficient (Wildman–Crippen LogP) is 6.75. The van der Waals surface area contributed by atoms with Crippen molar-refractivity contribution in [1.82, 2.24) is 0 Å². The highest BCUT2D eigenvalue weighted by Crippen LogP contribution is 2.34. The van der Waals surface area contributed by atoms with Gasteiger partial charge in [0.1, 0.15) is 0 Å². The maximum absolute atomic E-state index is 12.5. The Morgan fingerprint density at radius 3 is 1.41 bits per heavy atom. The van der Waals surface area contributed by atoms with E-state index in [1.165, 1.54) is 26.4 Å². The molecule has 0 spiro atoms. The van der Waals surface area contributed by atoms with Crippen LogP contribution in [0.25, 0.3) is 24.3 Å². The number of aromatic hydroxyl groups is 2. The van der Waals surface area contributed by atoms with Gasteiger partial charge in [0, 0.05) is 11.1 Å². The van der Waals surface area contributed by atoms with E-state index in [2.05, 4.69) is 0 Å². The summed E-state index contributed by atoms with van der Waals surface area (Å²) >= 11 is 0. The van der Waals surface area contributed by atoms with Crippen LogP contribution in [0.2, 0.25) is 0 Å². The lowest BCUT2D eigenvalue weighted by Gasteiger charge is -2.09. The molecule has 5 nitrogen and oxygen atoms in total. The van der Waals surface area contributed by atoms with Crippen molar-refractivity contribution in [3.8, 4) is 23.0 Å². The zero-order valence-corrected chi connectivity index (χ0v) is 20.7. The maximum atomic E-state index is 12.5. The molecule has 0 saturated carbocycles. The number of carbonyl (C=O) groups excluding carboxylic acids is 1. The van der Waals surface area contributed by atoms with Crippen LogP contribution in [0.4, 0.5) is 0 Å². The van der Waals surface area contributed by atoms with Crippen LogP contribution in [0, 0.1) is 11.8 Å². The Hall–Kier alpha value is -3.73. The minimum atomic E-state index is -0.211. The van der Waals surface area contributed by atoms with Gasteiger partial charge in [-0.2, -0.15) is 0 Å². The molecular weight excluding hydrogens is 428 g/mol. The van der Waals surface area contributed by atoms with E-state index in [1.807, 2.05) is 52.0 Å². The van der Waals surface area contributed by atoms with E-state index in [9.17, 15) is 15.0 Å². The Kier molecular flexibility index (Phi) is 9.75. The Labute approximate surface area is 202 Å². The molecule has 0 amide bonds. The summed E-state index contributed by atoms with van der Waals surface area (Å²) in [6, 6.07) is 6.94. The zero-order chi connectivity index (χ0) is 25.3. The highest BCUT2D eigenvalue weighted by Gasteiger charge is 2.09. The van der Waals surface area contributed by atoms with Crippen LogP contribution in [-0.4, -0.2) is 30.2 Å². The third kappa shape index (κ3) is 7.69. The number of ketones is 1. The predicted molar refractivity (Wildman–Crippen MR) is 140 cm³/mol. The maximum Gasteiger partial charge on any atom is 0.178 e. The Morgan fingerprint density at radius 1 is 0.706 bits per heavy atom. The minimum absolute atomic E-state index is 0.0615. The fraction of sp³-hybridized carbons (Fsp3) is 0.276. The van der Waals surface area contributed by atoms with Crippen LogP contribution in [0.1, 0.15) is 49.9 Å². The minimum Gasteiger partial charge on any atom is -0.504 e. The number of phenols is 2. The van der Waals surface area contributed by atoms with Crippen molar-refractivity contribution in [2.75, 3.05) is 14.2 Å². The smallest absolute Gasteiger partial charge is 0.178 e. The molecule has 0 fully saturated rings. The fourth-order valence-electron chi connectivity index (χ4n) is 3.07. The number of methoxy groups -OCH3 is 2. The third-order valence-corrected chi connectivity index (χ3v) is 4.89. The lowest BCUT2D eigenvalue weighted by atomic mass is 10.0. The fourth-order valence-corrected chi connectivity index (χ4v) is 3.07. The van der Waals surface area contributed by atoms with Crippen molar-refractivity contribution in [2.45, 2.75) is 27.7 Å². The quantitative estimate of drug-likeness (QED) is 0.382. The number of rotatable bonds is 10. The molecule has 2 N–H and O–H groups in total. The number of ether oxygens (including phenoxy) is 2. The van der Waals surface area contributed by atoms with Gasteiger partial charge in [0.15, 0.2) is 28.8 Å². The van der Waals surface area contributed by atoms with Crippen LogP contribution in [0.15, 0.2) is 48.6 Å². The second kappa shape index (κ2) is 12.5. The number of carbonyl (C=O) groups is 1. The van der Waals surface area contributed by atoms with Crippen molar-refractivity contribution >= 4 is 30.1 Å². The standard InChI is InChI=1S/C29H34O5/c1-19(2)7-11-23-15-21(17-26(33-5)28(23)31)9-13-25(30)14-10-22-16-24(12-8-20(3)4)29(32)27(18-22)34-6/h7-20,31-32H,1-6H3/b11-7+,12-8+,13-9+,14-10+. The normalized spacial score (nSPS) is 12.2. The van der Waals surface area contributed by atoms with E-state index < -0.39 is 0 Å². The molecule has 2 aromatic rings. The second-order valence-electron chi connectivity index (χ2n) is 8.60. The van der Waals surface area contributed by atoms with Gasteiger partial charge in [0.05, 0.1) is 14.2 Å². The molecular formula is C29H34O5. The molecule has 0 aliphatic heterocycles. The van der Waals surface area contributed by atoms with E-state index in [0.717, 1.165) is 11.1 Å². The molecule has 0 saturated heterocycles. The summed E-state index contributed by atoms with van der Waals surface area (Å²) in [6.45, 7) is 8.19. The summed E-state index contributed by atoms with van der Waals surface area (Å²) in [5.74, 6) is 1.25. The van der Waals surface area contributed by atoms with Gasteiger partial charge in [-0.25, -0.2) is 0 Å². The summed E-state index contributed by atoms with van der Waals surface area (Å²) < 4.78 is 10.5. The lowest BCUT2D eigenvalue weighted by Crippen LogP contribution is -1.90. The SMILES string of the molecule is COc1cc(/C=C/C(=O)/C=C/c2cc(/C=C/C(C)C)c(O)c(OC)c2)cc(/C=C/C(C)C)c1O. The number of allylic oxidation sites excluding steroid dienone is 4. The number of hydrogen-bond donors (Lipinski definition) is 2. The number of hydrogen-bond acceptors (Lipinski definition) is 5. The van der Waals surface area contributed by atoms with Crippen LogP contribution in [0.3, 0.4) is 0 Å². The van der Waals surface area contributed by atoms with Crippen molar-refractivity contribution in [1.29, 1.82) is 0 Å². The van der Waals surface area contributed by atoms with Crippen LogP contribution in [0.5, 0.6) is 23.0 Å². The van der Waals surface area contributed by atoms with E-state index in [4.69, 9.17) is 9.47 Å². The summed E-state index contributed by atoms with van der Waals surface area (Å²) in [7, 11) is 2.98. The topological polar surface area (TPSA) is 76.0 Å². The van der Waals surface area contributed by atoms with Gasteiger partial charge in [0.25, 0.3) is 0 Å². The van der Waals surface area contributed by atoms with E-state index >= 15 is 0 Å². The van der Waals surface area contributed by atoms with Crippen LogP contribution in [-0.2, 0) is 4.79 Å². The first-order valence-corrected chi connectivity index (χ1v) is 11.2. The van der Waals surface area contributed by atoms with Gasteiger partial charge < -0.3 is 19.7 Å². The largest absolute Gasteiger partial charge is 0.504 e. The van der Waals surface area contributed by atoms with Crippen molar-refractivity contribution in [3.05, 3.63) is 70.8 Å². The molecule has 0 unspecified atom stereocenters. The summed E-state index contributed by atoms with van der Waals surface area (Å²) in [4.78, 5) is 12.5. The highest BCUT2D eigenvalue weighted by molar-refractivity contribution is 6.04. The molecule has 0 aromatic heterocycles. The molecule has 34 heavy (non-hydrogen) atoms. The molecule has 0 aliphatic rings. The molecule has 180 valence electrons. The van der Waals surface area contributed by atoms with Gasteiger partial charge in [0.2, 0.25) is 0 Å². The number of benzene rings is 2. The Balaban J connectivity index is 2.27. The average Bonchev–Trinajstić information content (AvgIpc) is 2.80. The average molecular weight is 463 g/mol. The molecule has 2 aromatic carbocycles. The van der Waals surface area contributed by atoms with Crippen molar-refractivity contribution < 1.29 is 24.5 Å². The molecule has 0 bridgehead atoms. The van der Waals surface area contributed by atoms with Gasteiger partial charge in [-0.3, -0.25) is 4.79 Å². The second-order valence-corrected chi connectivity index (χ2v) is 8.60. The molecule has 0 radical (unpaired) electrons. The molecule has 0 heterocycles. The van der Waals surface area contributed by atoms with Gasteiger partial charge in [-0.1, -0.05) is 64.2 Å². The van der Waals surface area contributed by atoms with Crippen LogP contribution >= 0.6 is 0 Å². The van der Waals surface area contributed by atoms with Crippen molar-refractivity contribution in [2.24, 2.45) is 11.8 Å². The van der Waals surface area contributed by atoms with Gasteiger partial charge in [-0.05, 0) is 59.4 Å². The summed E-state index contributed by atoms with van der Waals surface area (Å²) in [6.07, 6.45) is 13.9. The van der Waals surface area contributed by atoms with Gasteiger partial charge in [-0.15, -0.1) is 0 Å². The first-order valence-electron chi connectivity index (χ1n) is 11.2. The first kappa shape index (κ1) is 26.5. The number of phenolic OH excluding ortho intramolecular Hbond substituents is 2. The molecule has 0 atom stereocenters. The lowest BCUT2D eigenvalue weighted by molar-refractivity contribution is -0.110. The Morgan fingerprint density at radius 2 is 1.09 bits per heavy atom. The highest BCUT2D eigenvalue weighted by atomic mass is 16.5. The summed E-state index contributed by atoms with van der Waals surface area (Å²) in [5.41, 5.74) is 2.70. The van der Waals surface area contributed by atoms with E-state index in [-0.39, 0.29) is 17.3 Å². The van der Waals surface area contributed by atoms with E-state index in [0.29, 0.717) is 34.5 Å².